The third-order valence-electron chi connectivity index (χ3n) is 4.41. The molecule has 29 heavy (non-hydrogen) atoms. The lowest BCUT2D eigenvalue weighted by Gasteiger charge is -2.16. The first-order valence-corrected chi connectivity index (χ1v) is 11.2. The highest BCUT2D eigenvalue weighted by Crippen LogP contribution is 2.39. The van der Waals surface area contributed by atoms with E-state index in [9.17, 15) is 5.11 Å². The van der Waals surface area contributed by atoms with Crippen LogP contribution in [0.5, 0.6) is 11.5 Å². The van der Waals surface area contributed by atoms with Crippen molar-refractivity contribution in [1.29, 1.82) is 0 Å². The molecule has 4 heterocycles. The maximum Gasteiger partial charge on any atom is 0.231 e. The lowest BCUT2D eigenvalue weighted by molar-refractivity contribution is 0.174. The number of hydrogen-bond donors (Lipinski definition) is 3. The van der Waals surface area contributed by atoms with E-state index in [1.165, 1.54) is 4.88 Å². The summed E-state index contributed by atoms with van der Waals surface area (Å²) >= 11 is 3.32. The average Bonchev–Trinajstić information content (AvgIpc) is 3.51. The second-order valence-electron chi connectivity index (χ2n) is 6.16. The molecule has 0 bridgehead atoms. The standard InChI is InChI=1S/C19H17N3O3S2.C2H6/c23-8-12-2-4-16(26-12)17-6-13-18(27-17)19(22-9-21-13)20-7-11-1-3-14-15(5-11)25-10-24-14;1-2/h1-6,21,23H,7-10H2,(H,20,22);1-2H3. The highest BCUT2D eigenvalue weighted by molar-refractivity contribution is 7.23. The fraction of sp³-hybridized carbons (Fsp3) is 0.286. The molecule has 5 rings (SSSR count). The van der Waals surface area contributed by atoms with E-state index in [0.717, 1.165) is 43.2 Å². The van der Waals surface area contributed by atoms with Gasteiger partial charge in [-0.05, 0) is 35.9 Å². The Kier molecular flexibility index (Phi) is 6.03. The van der Waals surface area contributed by atoms with Gasteiger partial charge in [-0.3, -0.25) is 0 Å². The van der Waals surface area contributed by atoms with Crippen molar-refractivity contribution in [3.8, 4) is 21.3 Å². The molecule has 0 radical (unpaired) electrons. The van der Waals surface area contributed by atoms with Gasteiger partial charge < -0.3 is 25.2 Å². The number of anilines is 1. The van der Waals surface area contributed by atoms with Gasteiger partial charge >= 0.3 is 0 Å². The van der Waals surface area contributed by atoms with Gasteiger partial charge in [-0.1, -0.05) is 19.9 Å². The Morgan fingerprint density at radius 2 is 1.93 bits per heavy atom. The topological polar surface area (TPSA) is 75.1 Å². The first-order chi connectivity index (χ1) is 14.3. The number of benzene rings is 1. The summed E-state index contributed by atoms with van der Waals surface area (Å²) in [5.41, 5.74) is 2.21. The molecule has 8 heteroatoms. The molecule has 1 aromatic carbocycles. The van der Waals surface area contributed by atoms with Crippen molar-refractivity contribution in [2.24, 2.45) is 4.99 Å². The van der Waals surface area contributed by atoms with Gasteiger partial charge in [0.25, 0.3) is 0 Å². The number of amidine groups is 1. The van der Waals surface area contributed by atoms with Gasteiger partial charge in [0.1, 0.15) is 12.5 Å². The minimum atomic E-state index is 0.0812. The predicted molar refractivity (Wildman–Crippen MR) is 119 cm³/mol. The molecule has 0 atom stereocenters. The highest BCUT2D eigenvalue weighted by atomic mass is 32.1. The van der Waals surface area contributed by atoms with E-state index >= 15 is 0 Å². The first kappa shape index (κ1) is 19.8. The molecule has 0 saturated heterocycles. The Bertz CT molecular complexity index is 1030. The van der Waals surface area contributed by atoms with Gasteiger partial charge in [-0.25, -0.2) is 4.99 Å². The maximum absolute atomic E-state index is 9.29. The molecule has 3 N–H and O–H groups in total. The number of aliphatic imine (C=N–C) groups is 1. The van der Waals surface area contributed by atoms with Crippen LogP contribution in [-0.4, -0.2) is 24.4 Å². The molecule has 0 unspecified atom stereocenters. The number of ether oxygens (including phenoxy) is 2. The molecular formula is C21H23N3O3S2. The number of aliphatic hydroxyl groups excluding tert-OH is 1. The van der Waals surface area contributed by atoms with Crippen molar-refractivity contribution in [2.75, 3.05) is 18.8 Å². The lowest BCUT2D eigenvalue weighted by atomic mass is 10.2. The van der Waals surface area contributed by atoms with E-state index in [-0.39, 0.29) is 13.4 Å². The zero-order valence-electron chi connectivity index (χ0n) is 16.3. The highest BCUT2D eigenvalue weighted by Gasteiger charge is 2.20. The van der Waals surface area contributed by atoms with Crippen LogP contribution in [0.1, 0.15) is 29.2 Å². The Labute approximate surface area is 177 Å². The number of hydrogen-bond acceptors (Lipinski definition) is 8. The summed E-state index contributed by atoms with van der Waals surface area (Å²) in [5.74, 6) is 2.48. The van der Waals surface area contributed by atoms with Crippen molar-refractivity contribution in [3.63, 3.8) is 0 Å². The van der Waals surface area contributed by atoms with E-state index in [1.807, 2.05) is 38.1 Å². The Morgan fingerprint density at radius 3 is 2.76 bits per heavy atom. The van der Waals surface area contributed by atoms with Gasteiger partial charge in [-0.2, -0.15) is 0 Å². The fourth-order valence-electron chi connectivity index (χ4n) is 3.06. The molecule has 2 aliphatic heterocycles. The predicted octanol–water partition coefficient (Wildman–Crippen LogP) is 4.64. The quantitative estimate of drug-likeness (QED) is 0.563. The largest absolute Gasteiger partial charge is 0.454 e. The molecule has 0 fully saturated rings. The van der Waals surface area contributed by atoms with Crippen LogP contribution >= 0.6 is 22.7 Å². The van der Waals surface area contributed by atoms with Gasteiger partial charge in [0.2, 0.25) is 6.79 Å². The number of thiophene rings is 2. The monoisotopic (exact) mass is 429 g/mol. The van der Waals surface area contributed by atoms with Gasteiger partial charge in [0, 0.05) is 21.2 Å². The summed E-state index contributed by atoms with van der Waals surface area (Å²) in [4.78, 5) is 9.02. The molecule has 3 aromatic rings. The minimum Gasteiger partial charge on any atom is -0.454 e. The molecule has 0 saturated carbocycles. The number of nitrogens with zero attached hydrogens (tertiary/aromatic N) is 1. The Morgan fingerprint density at radius 1 is 1.07 bits per heavy atom. The molecule has 2 aromatic heterocycles. The van der Waals surface area contributed by atoms with E-state index in [4.69, 9.17) is 9.47 Å². The van der Waals surface area contributed by atoms with Crippen LogP contribution in [0.2, 0.25) is 0 Å². The van der Waals surface area contributed by atoms with Crippen LogP contribution in [0.25, 0.3) is 9.75 Å². The molecule has 152 valence electrons. The number of nitrogens with one attached hydrogen (secondary N) is 2. The number of fused-ring (bicyclic) bond motifs is 2. The molecular weight excluding hydrogens is 406 g/mol. The zero-order chi connectivity index (χ0) is 20.2. The number of rotatable bonds is 4. The fourth-order valence-corrected chi connectivity index (χ4v) is 5.13. The molecule has 2 aliphatic rings. The number of aliphatic hydroxyl groups is 1. The molecule has 0 amide bonds. The molecule has 6 nitrogen and oxygen atoms in total. The lowest BCUT2D eigenvalue weighted by Crippen LogP contribution is -2.27. The van der Waals surface area contributed by atoms with Crippen LogP contribution in [-0.2, 0) is 13.2 Å². The summed E-state index contributed by atoms with van der Waals surface area (Å²) in [6.07, 6.45) is 0. The van der Waals surface area contributed by atoms with Gasteiger partial charge in [-0.15, -0.1) is 22.7 Å². The van der Waals surface area contributed by atoms with Crippen molar-refractivity contribution < 1.29 is 14.6 Å². The van der Waals surface area contributed by atoms with Crippen molar-refractivity contribution >= 4 is 34.2 Å². The zero-order valence-corrected chi connectivity index (χ0v) is 18.0. The van der Waals surface area contributed by atoms with E-state index in [0.29, 0.717) is 13.2 Å². The van der Waals surface area contributed by atoms with E-state index in [2.05, 4.69) is 27.8 Å². The van der Waals surface area contributed by atoms with Crippen molar-refractivity contribution in [3.05, 3.63) is 51.7 Å². The maximum atomic E-state index is 9.29. The summed E-state index contributed by atoms with van der Waals surface area (Å²) in [7, 11) is 0. The Balaban J connectivity index is 0.000000994. The second-order valence-corrected chi connectivity index (χ2v) is 8.38. The first-order valence-electron chi connectivity index (χ1n) is 9.55. The van der Waals surface area contributed by atoms with Crippen molar-refractivity contribution in [2.45, 2.75) is 27.0 Å². The van der Waals surface area contributed by atoms with Crippen LogP contribution in [0.3, 0.4) is 0 Å². The Hall–Kier alpha value is -2.55. The van der Waals surface area contributed by atoms with Crippen LogP contribution in [0.4, 0.5) is 5.69 Å². The van der Waals surface area contributed by atoms with Crippen molar-refractivity contribution in [1.82, 2.24) is 5.32 Å². The summed E-state index contributed by atoms with van der Waals surface area (Å²) < 4.78 is 10.8. The molecule has 0 aliphatic carbocycles. The third kappa shape index (κ3) is 4.10. The van der Waals surface area contributed by atoms with Gasteiger partial charge in [0.15, 0.2) is 11.5 Å². The third-order valence-corrected chi connectivity index (χ3v) is 6.82. The summed E-state index contributed by atoms with van der Waals surface area (Å²) in [6, 6.07) is 12.2. The van der Waals surface area contributed by atoms with Crippen LogP contribution in [0, 0.1) is 0 Å². The molecule has 0 spiro atoms. The van der Waals surface area contributed by atoms with E-state index < -0.39 is 0 Å². The smallest absolute Gasteiger partial charge is 0.231 e. The average molecular weight is 430 g/mol. The SMILES string of the molecule is CC.OCc1ccc(-c2cc3c(s2)C(NCc2ccc4c(c2)OCO4)=NCN3)s1. The second kappa shape index (κ2) is 8.86. The van der Waals surface area contributed by atoms with E-state index in [1.54, 1.807) is 22.7 Å². The van der Waals surface area contributed by atoms with Crippen LogP contribution in [0.15, 0.2) is 41.4 Å². The van der Waals surface area contributed by atoms with Crippen LogP contribution < -0.4 is 20.1 Å². The minimum absolute atomic E-state index is 0.0812. The summed E-state index contributed by atoms with van der Waals surface area (Å²) in [5, 5.41) is 16.1. The van der Waals surface area contributed by atoms with Gasteiger partial charge in [0.05, 0.1) is 17.2 Å². The summed E-state index contributed by atoms with van der Waals surface area (Å²) in [6.45, 7) is 5.58. The normalized spacial score (nSPS) is 13.7.